The minimum Gasteiger partial charge on any atom is -0.481 e. The fourth-order valence-corrected chi connectivity index (χ4v) is 7.38. The van der Waals surface area contributed by atoms with E-state index in [1.165, 1.54) is 23.1 Å². The molecule has 5 rings (SSSR count). The largest absolute Gasteiger partial charge is 0.481 e. The van der Waals surface area contributed by atoms with Crippen molar-refractivity contribution in [2.24, 2.45) is 17.2 Å². The Hall–Kier alpha value is -4.08. The number of carbonyl (C=O) groups excluding carboxylic acids is 5. The number of ketones is 2. The van der Waals surface area contributed by atoms with Gasteiger partial charge >= 0.3 is 5.97 Å². The monoisotopic (exact) mass is 640 g/mol. The first-order valence-corrected chi connectivity index (χ1v) is 16.0. The predicted molar refractivity (Wildman–Crippen MR) is 165 cm³/mol. The molecule has 0 aromatic carbocycles. The number of hydrogen-bond acceptors (Lipinski definition) is 11. The first-order chi connectivity index (χ1) is 21.9. The van der Waals surface area contributed by atoms with Gasteiger partial charge in [-0.25, -0.2) is 0 Å². The highest BCUT2D eigenvalue weighted by molar-refractivity contribution is 6.03. The van der Waals surface area contributed by atoms with Crippen molar-refractivity contribution in [3.63, 3.8) is 0 Å². The summed E-state index contributed by atoms with van der Waals surface area (Å²) >= 11 is 0. The van der Waals surface area contributed by atoms with Crippen molar-refractivity contribution in [1.82, 2.24) is 24.9 Å². The summed E-state index contributed by atoms with van der Waals surface area (Å²) in [7, 11) is 0. The van der Waals surface area contributed by atoms with Gasteiger partial charge in [0, 0.05) is 55.8 Å². The van der Waals surface area contributed by atoms with E-state index in [0.717, 1.165) is 18.5 Å². The van der Waals surface area contributed by atoms with Gasteiger partial charge in [0.1, 0.15) is 12.1 Å². The molecule has 0 aromatic heterocycles. The molecule has 7 atom stereocenters. The topological polar surface area (TPSA) is 226 Å². The molecule has 3 amide bonds. The normalized spacial score (nSPS) is 29.0. The summed E-state index contributed by atoms with van der Waals surface area (Å²) < 4.78 is 0. The molecule has 8 N–H and O–H groups in total. The zero-order valence-corrected chi connectivity index (χ0v) is 26.0. The summed E-state index contributed by atoms with van der Waals surface area (Å²) in [5.74, 6) is -2.75. The van der Waals surface area contributed by atoms with Gasteiger partial charge in [-0.3, -0.25) is 28.8 Å². The molecule has 5 heterocycles. The van der Waals surface area contributed by atoms with Crippen LogP contribution in [0.2, 0.25) is 0 Å². The first kappa shape index (κ1) is 33.3. The van der Waals surface area contributed by atoms with Crippen molar-refractivity contribution in [1.29, 1.82) is 0 Å². The van der Waals surface area contributed by atoms with Gasteiger partial charge in [-0.05, 0) is 45.2 Å². The Labute approximate surface area is 267 Å². The van der Waals surface area contributed by atoms with Crippen LogP contribution >= 0.6 is 0 Å². The summed E-state index contributed by atoms with van der Waals surface area (Å²) in [5.41, 5.74) is 19.0. The van der Waals surface area contributed by atoms with E-state index in [1.807, 2.05) is 16.7 Å². The molecule has 5 aliphatic rings. The van der Waals surface area contributed by atoms with Crippen LogP contribution in [0.5, 0.6) is 0 Å². The molecule has 5 aliphatic heterocycles. The molecule has 0 saturated carbocycles. The highest BCUT2D eigenvalue weighted by Gasteiger charge is 2.46. The van der Waals surface area contributed by atoms with Crippen LogP contribution in [0.15, 0.2) is 35.7 Å². The quantitative estimate of drug-likeness (QED) is 0.128. The van der Waals surface area contributed by atoms with Crippen molar-refractivity contribution in [2.75, 3.05) is 32.7 Å². The molecule has 250 valence electrons. The Morgan fingerprint density at radius 1 is 0.913 bits per heavy atom. The number of nitrogens with one attached hydrogen (secondary N) is 1. The number of carboxylic acids is 1. The molecule has 0 radical (unpaired) electrons. The summed E-state index contributed by atoms with van der Waals surface area (Å²) in [6.45, 7) is 4.49. The van der Waals surface area contributed by atoms with Gasteiger partial charge in [0.2, 0.25) is 17.7 Å². The van der Waals surface area contributed by atoms with Gasteiger partial charge < -0.3 is 47.2 Å². The van der Waals surface area contributed by atoms with Gasteiger partial charge in [0.05, 0.1) is 36.6 Å². The van der Waals surface area contributed by atoms with E-state index in [0.29, 0.717) is 57.7 Å². The number of amides is 3. The van der Waals surface area contributed by atoms with E-state index in [-0.39, 0.29) is 41.6 Å². The Morgan fingerprint density at radius 2 is 1.57 bits per heavy atom. The number of nitrogens with two attached hydrogens (primary N) is 3. The van der Waals surface area contributed by atoms with Crippen LogP contribution in [0, 0.1) is 0 Å². The van der Waals surface area contributed by atoms with Crippen molar-refractivity contribution in [3.8, 4) is 0 Å². The predicted octanol–water partition coefficient (Wildman–Crippen LogP) is -2.20. The standard InChI is InChI=1S/C31H44N8O7/c1-17-23(36-10-8-19(16-36)39-22(5-6-26(39)41)30(45)21(34)12-28(43)44)14-27(42)38(17)18-7-11-37(15-18)24-13-25(40)35-29(24)31(46)20(33)4-2-3-9-32/h5-6,13-14,17-22,29H,2-4,7-12,15-16,32-34H2,1H3,(H,35,40)(H,43,44)/t17?,18?,19?,20-,21-,22?,29?/m0/s1. The van der Waals surface area contributed by atoms with Crippen LogP contribution in [-0.2, 0) is 28.8 Å². The van der Waals surface area contributed by atoms with Crippen molar-refractivity contribution >= 4 is 35.3 Å². The third-order valence-corrected chi connectivity index (χ3v) is 9.72. The van der Waals surface area contributed by atoms with E-state index in [9.17, 15) is 28.8 Å². The second-order valence-corrected chi connectivity index (χ2v) is 12.7. The van der Waals surface area contributed by atoms with Crippen molar-refractivity contribution < 1.29 is 33.9 Å². The molecule has 15 heteroatoms. The number of carboxylic acid groups (broad SMARTS) is 1. The fraction of sp³-hybridized carbons (Fsp3) is 0.613. The number of aliphatic carboxylic acids is 1. The van der Waals surface area contributed by atoms with Gasteiger partial charge in [-0.1, -0.05) is 6.42 Å². The molecule has 0 aromatic rings. The molecule has 0 bridgehead atoms. The minimum atomic E-state index is -1.23. The lowest BCUT2D eigenvalue weighted by Gasteiger charge is -2.34. The zero-order valence-electron chi connectivity index (χ0n) is 26.0. The maximum atomic E-state index is 13.4. The SMILES string of the molecule is CC1C(N2CCC(N3C(=O)C=CC3C(=O)[C@@H](N)CC(=O)O)C2)=CC(=O)N1C1CCN(C2=CC(=O)NC2C(=O)[C@@H](N)CCCCN)C1. The lowest BCUT2D eigenvalue weighted by molar-refractivity contribution is -0.140. The number of unbranched alkanes of at least 4 members (excludes halogenated alkanes) is 1. The van der Waals surface area contributed by atoms with E-state index >= 15 is 0 Å². The maximum absolute atomic E-state index is 13.4. The average Bonchev–Trinajstić information content (AvgIpc) is 3.83. The summed E-state index contributed by atoms with van der Waals surface area (Å²) in [4.78, 5) is 83.0. The molecular formula is C31H44N8O7. The van der Waals surface area contributed by atoms with Crippen LogP contribution in [-0.4, -0.2) is 135 Å². The number of carbonyl (C=O) groups is 6. The molecule has 0 aliphatic carbocycles. The van der Waals surface area contributed by atoms with Gasteiger partial charge in [-0.15, -0.1) is 0 Å². The molecule has 5 unspecified atom stereocenters. The minimum absolute atomic E-state index is 0.131. The molecule has 2 fully saturated rings. The van der Waals surface area contributed by atoms with Gasteiger partial charge in [0.15, 0.2) is 11.6 Å². The summed E-state index contributed by atoms with van der Waals surface area (Å²) in [6.07, 6.45) is 8.55. The first-order valence-electron chi connectivity index (χ1n) is 16.0. The number of likely N-dealkylation sites (tertiary alicyclic amines) is 2. The number of Topliss-reactive ketones (excluding diaryl/α,β-unsaturated/α-hetero) is 2. The van der Waals surface area contributed by atoms with Crippen molar-refractivity contribution in [3.05, 3.63) is 35.7 Å². The second-order valence-electron chi connectivity index (χ2n) is 12.7. The smallest absolute Gasteiger partial charge is 0.305 e. The average molecular weight is 641 g/mol. The highest BCUT2D eigenvalue weighted by Crippen LogP contribution is 2.34. The molecule has 46 heavy (non-hydrogen) atoms. The zero-order chi connectivity index (χ0) is 33.3. The van der Waals surface area contributed by atoms with Crippen molar-refractivity contribution in [2.45, 2.75) is 87.7 Å². The van der Waals surface area contributed by atoms with E-state index in [4.69, 9.17) is 22.3 Å². The Balaban J connectivity index is 1.20. The third-order valence-electron chi connectivity index (χ3n) is 9.72. The molecule has 0 spiro atoms. The lowest BCUT2D eigenvalue weighted by atomic mass is 9.99. The molecular weight excluding hydrogens is 596 g/mol. The van der Waals surface area contributed by atoms with E-state index in [2.05, 4.69) is 10.2 Å². The van der Waals surface area contributed by atoms with Crippen LogP contribution < -0.4 is 22.5 Å². The Morgan fingerprint density at radius 3 is 2.22 bits per heavy atom. The maximum Gasteiger partial charge on any atom is 0.305 e. The molecule has 2 saturated heterocycles. The summed E-state index contributed by atoms with van der Waals surface area (Å²) in [6, 6.07) is -4.41. The number of hydrogen-bond donors (Lipinski definition) is 5. The van der Waals surface area contributed by atoms with Crippen LogP contribution in [0.4, 0.5) is 0 Å². The fourth-order valence-electron chi connectivity index (χ4n) is 7.38. The van der Waals surface area contributed by atoms with Crippen LogP contribution in [0.25, 0.3) is 0 Å². The third kappa shape index (κ3) is 6.57. The Kier molecular flexibility index (Phi) is 9.93. The van der Waals surface area contributed by atoms with Gasteiger partial charge in [0.25, 0.3) is 0 Å². The van der Waals surface area contributed by atoms with Crippen LogP contribution in [0.1, 0.15) is 45.4 Å². The van der Waals surface area contributed by atoms with E-state index < -0.39 is 42.3 Å². The Bertz CT molecular complexity index is 1380. The lowest BCUT2D eigenvalue weighted by Crippen LogP contribution is -2.52. The van der Waals surface area contributed by atoms with Gasteiger partial charge in [-0.2, -0.15) is 0 Å². The number of rotatable bonds is 14. The van der Waals surface area contributed by atoms with Crippen LogP contribution in [0.3, 0.4) is 0 Å². The highest BCUT2D eigenvalue weighted by atomic mass is 16.4. The van der Waals surface area contributed by atoms with E-state index in [1.54, 1.807) is 6.08 Å². The second kappa shape index (κ2) is 13.7. The summed E-state index contributed by atoms with van der Waals surface area (Å²) in [5, 5.41) is 11.8. The molecule has 15 nitrogen and oxygen atoms in total. The number of nitrogens with zero attached hydrogens (tertiary/aromatic N) is 4.